The van der Waals surface area contributed by atoms with Crippen molar-refractivity contribution in [3.05, 3.63) is 27.3 Å². The molecule has 3 nitrogen and oxygen atoms in total. The average molecular weight is 423 g/mol. The van der Waals surface area contributed by atoms with Crippen LogP contribution in [-0.4, -0.2) is 22.8 Å². The van der Waals surface area contributed by atoms with Gasteiger partial charge in [-0.1, -0.05) is 0 Å². The lowest BCUT2D eigenvalue weighted by Crippen LogP contribution is -2.25. The van der Waals surface area contributed by atoms with Crippen molar-refractivity contribution in [2.75, 3.05) is 13.2 Å². The molecule has 1 saturated heterocycles. The summed E-state index contributed by atoms with van der Waals surface area (Å²) in [5.41, 5.74) is 1.65. The van der Waals surface area contributed by atoms with Crippen LogP contribution in [0.5, 0.6) is 0 Å². The molecule has 1 aliphatic rings. The van der Waals surface area contributed by atoms with Crippen LogP contribution in [0.15, 0.2) is 12.1 Å². The Morgan fingerprint density at radius 3 is 2.86 bits per heavy atom. The summed E-state index contributed by atoms with van der Waals surface area (Å²) in [4.78, 5) is 4.58. The van der Waals surface area contributed by atoms with Gasteiger partial charge in [0.2, 0.25) is 0 Å². The molecule has 1 aliphatic heterocycles. The Morgan fingerprint density at radius 2 is 2.19 bits per heavy atom. The summed E-state index contributed by atoms with van der Waals surface area (Å²) < 4.78 is 22.1. The summed E-state index contributed by atoms with van der Waals surface area (Å²) in [7, 11) is 0. The topological polar surface area (TPSA) is 27.1 Å². The van der Waals surface area contributed by atoms with Crippen molar-refractivity contribution in [3.63, 3.8) is 0 Å². The van der Waals surface area contributed by atoms with Gasteiger partial charge in [-0.2, -0.15) is 0 Å². The van der Waals surface area contributed by atoms with E-state index in [0.717, 1.165) is 42.9 Å². The number of nitrogens with zero attached hydrogens (tertiary/aromatic N) is 2. The fourth-order valence-electron chi connectivity index (χ4n) is 3.10. The number of rotatable bonds is 3. The monoisotopic (exact) mass is 422 g/mol. The molecule has 3 rings (SSSR count). The molecule has 1 aromatic heterocycles. The van der Waals surface area contributed by atoms with E-state index in [1.807, 2.05) is 22.6 Å². The Morgan fingerprint density at radius 1 is 1.48 bits per heavy atom. The zero-order valence-corrected chi connectivity index (χ0v) is 14.7. The lowest BCUT2D eigenvalue weighted by Gasteiger charge is -2.30. The standard InChI is InChI=1S/C15H17ClFIN2O/c1-9(10-2-4-21-5-3-10)20-14-6-11(17)12(18)7-13(14)19-15(20)8-16/h6-7,9-10H,2-5,8H2,1H3. The Bertz CT molecular complexity index is 655. The second-order valence-electron chi connectivity index (χ2n) is 5.48. The molecule has 2 heterocycles. The fraction of sp³-hybridized carbons (Fsp3) is 0.533. The van der Waals surface area contributed by atoms with Gasteiger partial charge < -0.3 is 9.30 Å². The first-order chi connectivity index (χ1) is 10.1. The summed E-state index contributed by atoms with van der Waals surface area (Å²) in [6, 6.07) is 3.61. The molecule has 6 heteroatoms. The molecule has 1 unspecified atom stereocenters. The highest BCUT2D eigenvalue weighted by atomic mass is 127. The van der Waals surface area contributed by atoms with Crippen LogP contribution in [0.1, 0.15) is 31.6 Å². The Hall–Kier alpha value is -0.400. The first-order valence-electron chi connectivity index (χ1n) is 7.11. The largest absolute Gasteiger partial charge is 0.381 e. The number of hydrogen-bond acceptors (Lipinski definition) is 2. The third-order valence-corrected chi connectivity index (χ3v) is 5.35. The number of fused-ring (bicyclic) bond motifs is 1. The van der Waals surface area contributed by atoms with E-state index in [9.17, 15) is 4.39 Å². The summed E-state index contributed by atoms with van der Waals surface area (Å²) in [6.45, 7) is 3.76. The third kappa shape index (κ3) is 2.92. The van der Waals surface area contributed by atoms with Gasteiger partial charge in [0.05, 0.1) is 20.5 Å². The molecule has 1 aromatic carbocycles. The molecule has 0 radical (unpaired) electrons. The number of aromatic nitrogens is 2. The number of ether oxygens (including phenoxy) is 1. The summed E-state index contributed by atoms with van der Waals surface area (Å²) in [6.07, 6.45) is 2.05. The highest BCUT2D eigenvalue weighted by molar-refractivity contribution is 14.1. The van der Waals surface area contributed by atoms with E-state index in [1.54, 1.807) is 12.1 Å². The van der Waals surface area contributed by atoms with E-state index in [-0.39, 0.29) is 11.9 Å². The predicted molar refractivity (Wildman–Crippen MR) is 90.2 cm³/mol. The molecule has 0 aliphatic carbocycles. The van der Waals surface area contributed by atoms with Crippen molar-refractivity contribution in [1.29, 1.82) is 0 Å². The first kappa shape index (κ1) is 15.5. The van der Waals surface area contributed by atoms with Gasteiger partial charge in [0, 0.05) is 25.3 Å². The number of halogens is 3. The van der Waals surface area contributed by atoms with E-state index in [0.29, 0.717) is 15.4 Å². The number of alkyl halides is 1. The van der Waals surface area contributed by atoms with Crippen LogP contribution in [-0.2, 0) is 10.6 Å². The second kappa shape index (κ2) is 6.38. The van der Waals surface area contributed by atoms with Crippen LogP contribution in [0.25, 0.3) is 11.0 Å². The molecule has 2 aromatic rings. The van der Waals surface area contributed by atoms with Crippen molar-refractivity contribution in [3.8, 4) is 0 Å². The van der Waals surface area contributed by atoms with E-state index in [4.69, 9.17) is 16.3 Å². The van der Waals surface area contributed by atoms with Crippen molar-refractivity contribution in [1.82, 2.24) is 9.55 Å². The van der Waals surface area contributed by atoms with E-state index in [1.165, 1.54) is 0 Å². The minimum Gasteiger partial charge on any atom is -0.381 e. The number of benzene rings is 1. The summed E-state index contributed by atoms with van der Waals surface area (Å²) >= 11 is 8.05. The lowest BCUT2D eigenvalue weighted by molar-refractivity contribution is 0.0516. The summed E-state index contributed by atoms with van der Waals surface area (Å²) in [5.74, 6) is 1.46. The fourth-order valence-corrected chi connectivity index (χ4v) is 3.74. The lowest BCUT2D eigenvalue weighted by atomic mass is 9.92. The minimum atomic E-state index is -0.204. The molecule has 0 saturated carbocycles. The van der Waals surface area contributed by atoms with Gasteiger partial charge >= 0.3 is 0 Å². The predicted octanol–water partition coefficient (Wildman–Crippen LogP) is 4.51. The van der Waals surface area contributed by atoms with Crippen LogP contribution in [0.4, 0.5) is 4.39 Å². The molecule has 114 valence electrons. The molecule has 1 fully saturated rings. The van der Waals surface area contributed by atoms with Gasteiger partial charge in [0.15, 0.2) is 0 Å². The zero-order chi connectivity index (χ0) is 15.0. The van der Waals surface area contributed by atoms with Gasteiger partial charge in [-0.25, -0.2) is 9.37 Å². The Kier molecular flexibility index (Phi) is 4.71. The minimum absolute atomic E-state index is 0.204. The average Bonchev–Trinajstić information content (AvgIpc) is 2.85. The molecule has 21 heavy (non-hydrogen) atoms. The van der Waals surface area contributed by atoms with Gasteiger partial charge in [-0.05, 0) is 54.3 Å². The first-order valence-corrected chi connectivity index (χ1v) is 8.72. The molecule has 0 bridgehead atoms. The quantitative estimate of drug-likeness (QED) is 0.538. The molecule has 0 amide bonds. The molecule has 0 N–H and O–H groups in total. The van der Waals surface area contributed by atoms with Crippen LogP contribution in [0.3, 0.4) is 0 Å². The highest BCUT2D eigenvalue weighted by Gasteiger charge is 2.25. The SMILES string of the molecule is CC(C1CCOCC1)n1c(CCl)nc2cc(I)c(F)cc21. The normalized spacial score (nSPS) is 18.3. The Labute approximate surface area is 142 Å². The maximum Gasteiger partial charge on any atom is 0.138 e. The number of imidazole rings is 1. The van der Waals surface area contributed by atoms with Gasteiger partial charge in [-0.15, -0.1) is 11.6 Å². The van der Waals surface area contributed by atoms with Crippen molar-refractivity contribution in [2.45, 2.75) is 31.7 Å². The highest BCUT2D eigenvalue weighted by Crippen LogP contribution is 2.33. The molecule has 0 spiro atoms. The van der Waals surface area contributed by atoms with Crippen molar-refractivity contribution >= 4 is 45.2 Å². The zero-order valence-electron chi connectivity index (χ0n) is 11.8. The smallest absolute Gasteiger partial charge is 0.138 e. The van der Waals surface area contributed by atoms with Gasteiger partial charge in [0.25, 0.3) is 0 Å². The maximum atomic E-state index is 13.9. The van der Waals surface area contributed by atoms with Gasteiger partial charge in [0.1, 0.15) is 11.6 Å². The second-order valence-corrected chi connectivity index (χ2v) is 6.91. The van der Waals surface area contributed by atoms with Crippen LogP contribution in [0, 0.1) is 15.3 Å². The number of hydrogen-bond donors (Lipinski definition) is 0. The maximum absolute atomic E-state index is 13.9. The van der Waals surface area contributed by atoms with Crippen molar-refractivity contribution < 1.29 is 9.13 Å². The molecule has 1 atom stereocenters. The van der Waals surface area contributed by atoms with Crippen LogP contribution >= 0.6 is 34.2 Å². The third-order valence-electron chi connectivity index (χ3n) is 4.28. The van der Waals surface area contributed by atoms with Gasteiger partial charge in [-0.3, -0.25) is 0 Å². The molecular formula is C15H17ClFIN2O. The van der Waals surface area contributed by atoms with E-state index in [2.05, 4.69) is 16.5 Å². The Balaban J connectivity index is 2.08. The summed E-state index contributed by atoms with van der Waals surface area (Å²) in [5, 5.41) is 0. The van der Waals surface area contributed by atoms with E-state index < -0.39 is 0 Å². The van der Waals surface area contributed by atoms with Crippen molar-refractivity contribution in [2.24, 2.45) is 5.92 Å². The van der Waals surface area contributed by atoms with E-state index >= 15 is 0 Å². The molecular weight excluding hydrogens is 406 g/mol. The van der Waals surface area contributed by atoms with Crippen LogP contribution < -0.4 is 0 Å². The van der Waals surface area contributed by atoms with Crippen LogP contribution in [0.2, 0.25) is 0 Å².